The molecule has 0 atom stereocenters. The molecule has 0 aromatic rings. The van der Waals surface area contributed by atoms with E-state index in [2.05, 4.69) is 22.0 Å². The van der Waals surface area contributed by atoms with Gasteiger partial charge in [-0.2, -0.15) is 0 Å². The van der Waals surface area contributed by atoms with Crippen molar-refractivity contribution in [1.82, 2.24) is 10.6 Å². The molecule has 5 heteroatoms. The molecule has 0 bridgehead atoms. The summed E-state index contributed by atoms with van der Waals surface area (Å²) in [5.74, 6) is -0.188. The average molecular weight is 337 g/mol. The predicted molar refractivity (Wildman–Crippen MR) is 95.6 cm³/mol. The summed E-state index contributed by atoms with van der Waals surface area (Å²) in [5.41, 5.74) is 1.44. The molecule has 24 heavy (non-hydrogen) atoms. The van der Waals surface area contributed by atoms with Crippen LogP contribution in [0.3, 0.4) is 0 Å². The highest BCUT2D eigenvalue weighted by atomic mass is 16.2. The second kappa shape index (κ2) is 11.2. The summed E-state index contributed by atoms with van der Waals surface area (Å²) in [6.07, 6.45) is 16.9. The zero-order valence-corrected chi connectivity index (χ0v) is 14.9. The topological polar surface area (TPSA) is 74.8 Å². The Kier molecular flexibility index (Phi) is 8.88. The number of nitrogens with one attached hydrogen (secondary N) is 2. The van der Waals surface area contributed by atoms with Gasteiger partial charge >= 0.3 is 6.03 Å². The lowest BCUT2D eigenvalue weighted by molar-refractivity contribution is -0.680. The number of hydrogen-bond acceptors (Lipinski definition) is 2. The summed E-state index contributed by atoms with van der Waals surface area (Å²) in [4.78, 5) is 23.7. The number of nitrogens with two attached hydrogens (primary N) is 1. The lowest BCUT2D eigenvalue weighted by atomic mass is 9.97. The molecule has 0 aliphatic heterocycles. The molecule has 3 amide bonds. The lowest BCUT2D eigenvalue weighted by Gasteiger charge is -2.18. The molecule has 0 unspecified atom stereocenters. The standard InChI is InChI=1S/C19H33N3O2/c23-18(15-21-17-11-7-2-1-3-8-12-17)22-19(24)20-14-13-16-9-5-4-6-10-16/h9,17,21H,1-8,10-15H2,(H2,20,22,23,24)/p+1. The van der Waals surface area contributed by atoms with Crippen molar-refractivity contribution in [3.63, 3.8) is 0 Å². The minimum absolute atomic E-state index is 0.188. The highest BCUT2D eigenvalue weighted by Crippen LogP contribution is 2.19. The summed E-state index contributed by atoms with van der Waals surface area (Å²) in [6, 6.07) is 0.180. The summed E-state index contributed by atoms with van der Waals surface area (Å²) >= 11 is 0. The van der Waals surface area contributed by atoms with E-state index in [9.17, 15) is 9.59 Å². The van der Waals surface area contributed by atoms with Crippen LogP contribution in [0.25, 0.3) is 0 Å². The zero-order chi connectivity index (χ0) is 17.0. The second-order valence-corrected chi connectivity index (χ2v) is 7.21. The molecule has 136 valence electrons. The van der Waals surface area contributed by atoms with E-state index in [0.717, 1.165) is 19.3 Å². The van der Waals surface area contributed by atoms with E-state index >= 15 is 0 Å². The van der Waals surface area contributed by atoms with Crippen molar-refractivity contribution in [2.45, 2.75) is 83.1 Å². The smallest absolute Gasteiger partial charge is 0.321 e. The molecule has 0 aromatic carbocycles. The maximum Gasteiger partial charge on any atom is 0.321 e. The van der Waals surface area contributed by atoms with E-state index in [1.807, 2.05) is 0 Å². The molecule has 1 fully saturated rings. The van der Waals surface area contributed by atoms with Crippen LogP contribution in [-0.2, 0) is 4.79 Å². The van der Waals surface area contributed by atoms with Crippen LogP contribution in [-0.4, -0.2) is 31.1 Å². The van der Waals surface area contributed by atoms with Gasteiger partial charge in [0.1, 0.15) is 0 Å². The largest absolute Gasteiger partial charge is 0.337 e. The van der Waals surface area contributed by atoms with Crippen LogP contribution in [0.5, 0.6) is 0 Å². The molecule has 0 spiro atoms. The number of amides is 3. The van der Waals surface area contributed by atoms with Gasteiger partial charge in [-0.25, -0.2) is 4.79 Å². The Bertz CT molecular complexity index is 426. The molecule has 2 rings (SSSR count). The number of carbonyl (C=O) groups excluding carboxylic acids is 2. The average Bonchev–Trinajstić information content (AvgIpc) is 2.55. The Labute approximate surface area is 146 Å². The van der Waals surface area contributed by atoms with Crippen LogP contribution in [0.15, 0.2) is 11.6 Å². The minimum Gasteiger partial charge on any atom is -0.337 e. The Morgan fingerprint density at radius 1 is 1.04 bits per heavy atom. The van der Waals surface area contributed by atoms with Gasteiger partial charge in [-0.3, -0.25) is 10.1 Å². The normalized spacial score (nSPS) is 19.8. The van der Waals surface area contributed by atoms with Crippen LogP contribution in [0.4, 0.5) is 4.79 Å². The van der Waals surface area contributed by atoms with Crippen molar-refractivity contribution in [2.24, 2.45) is 0 Å². The number of carbonyl (C=O) groups is 2. The molecule has 2 aliphatic rings. The molecule has 0 heterocycles. The van der Waals surface area contributed by atoms with Gasteiger partial charge in [-0.1, -0.05) is 30.9 Å². The first kappa shape index (κ1) is 19.0. The first-order valence-corrected chi connectivity index (χ1v) is 9.83. The number of rotatable bonds is 6. The summed E-state index contributed by atoms with van der Waals surface area (Å²) in [5, 5.41) is 7.35. The Hall–Kier alpha value is -1.36. The first-order chi connectivity index (χ1) is 11.7. The SMILES string of the molecule is O=C(C[NH2+]C1CCCCCCC1)NC(=O)NCCC1=CCCCC1. The minimum atomic E-state index is -0.359. The molecule has 0 saturated heterocycles. The van der Waals surface area contributed by atoms with Crippen LogP contribution in [0.2, 0.25) is 0 Å². The van der Waals surface area contributed by atoms with Gasteiger partial charge in [0.05, 0.1) is 6.04 Å². The van der Waals surface area contributed by atoms with Gasteiger partial charge in [0, 0.05) is 6.54 Å². The van der Waals surface area contributed by atoms with Gasteiger partial charge in [-0.05, 0) is 57.8 Å². The van der Waals surface area contributed by atoms with E-state index in [1.165, 1.54) is 63.4 Å². The molecule has 0 radical (unpaired) electrons. The lowest BCUT2D eigenvalue weighted by Crippen LogP contribution is -2.92. The molecule has 0 aromatic heterocycles. The van der Waals surface area contributed by atoms with Gasteiger partial charge in [0.15, 0.2) is 6.54 Å². The molecule has 4 N–H and O–H groups in total. The molecular weight excluding hydrogens is 302 g/mol. The molecular formula is C19H34N3O2+. The van der Waals surface area contributed by atoms with Crippen LogP contribution in [0.1, 0.15) is 77.0 Å². The number of quaternary nitrogens is 1. The zero-order valence-electron chi connectivity index (χ0n) is 14.9. The van der Waals surface area contributed by atoms with Gasteiger partial charge in [0.2, 0.25) is 0 Å². The van der Waals surface area contributed by atoms with Crippen molar-refractivity contribution >= 4 is 11.9 Å². The van der Waals surface area contributed by atoms with Crippen LogP contribution < -0.4 is 16.0 Å². The highest BCUT2D eigenvalue weighted by molar-refractivity contribution is 5.94. The van der Waals surface area contributed by atoms with Crippen molar-refractivity contribution in [3.8, 4) is 0 Å². The molecule has 1 saturated carbocycles. The second-order valence-electron chi connectivity index (χ2n) is 7.21. The van der Waals surface area contributed by atoms with Crippen molar-refractivity contribution in [1.29, 1.82) is 0 Å². The third-order valence-electron chi connectivity index (χ3n) is 5.16. The van der Waals surface area contributed by atoms with Crippen molar-refractivity contribution in [2.75, 3.05) is 13.1 Å². The monoisotopic (exact) mass is 336 g/mol. The predicted octanol–water partition coefficient (Wildman–Crippen LogP) is 2.38. The number of allylic oxidation sites excluding steroid dienone is 1. The maximum absolute atomic E-state index is 11.9. The first-order valence-electron chi connectivity index (χ1n) is 9.83. The van der Waals surface area contributed by atoms with Gasteiger partial charge in [0.25, 0.3) is 5.91 Å². The Morgan fingerprint density at radius 2 is 1.79 bits per heavy atom. The summed E-state index contributed by atoms with van der Waals surface area (Å²) in [7, 11) is 0. The Morgan fingerprint density at radius 3 is 2.50 bits per heavy atom. The highest BCUT2D eigenvalue weighted by Gasteiger charge is 2.16. The fourth-order valence-electron chi connectivity index (χ4n) is 3.69. The molecule has 5 nitrogen and oxygen atoms in total. The molecule has 2 aliphatic carbocycles. The van der Waals surface area contributed by atoms with Gasteiger partial charge in [-0.15, -0.1) is 0 Å². The van der Waals surface area contributed by atoms with E-state index in [-0.39, 0.29) is 11.9 Å². The van der Waals surface area contributed by atoms with E-state index in [1.54, 1.807) is 0 Å². The van der Waals surface area contributed by atoms with Crippen LogP contribution >= 0.6 is 0 Å². The van der Waals surface area contributed by atoms with E-state index < -0.39 is 0 Å². The summed E-state index contributed by atoms with van der Waals surface area (Å²) < 4.78 is 0. The number of hydrogen-bond donors (Lipinski definition) is 3. The van der Waals surface area contributed by atoms with Crippen LogP contribution in [0, 0.1) is 0 Å². The van der Waals surface area contributed by atoms with E-state index in [0.29, 0.717) is 19.1 Å². The van der Waals surface area contributed by atoms with E-state index in [4.69, 9.17) is 0 Å². The maximum atomic E-state index is 11.9. The third-order valence-corrected chi connectivity index (χ3v) is 5.16. The van der Waals surface area contributed by atoms with Crippen molar-refractivity contribution < 1.29 is 14.9 Å². The quantitative estimate of drug-likeness (QED) is 0.652. The van der Waals surface area contributed by atoms with Gasteiger partial charge < -0.3 is 10.6 Å². The fourth-order valence-corrected chi connectivity index (χ4v) is 3.69. The summed E-state index contributed by atoms with van der Waals surface area (Å²) in [6.45, 7) is 0.959. The number of imide groups is 1. The fraction of sp³-hybridized carbons (Fsp3) is 0.789. The Balaban J connectivity index is 1.55. The third kappa shape index (κ3) is 7.95. The number of urea groups is 1. The van der Waals surface area contributed by atoms with Crippen molar-refractivity contribution in [3.05, 3.63) is 11.6 Å².